The van der Waals surface area contributed by atoms with E-state index in [1.165, 1.54) is 17.0 Å². The van der Waals surface area contributed by atoms with Gasteiger partial charge >= 0.3 is 6.09 Å². The van der Waals surface area contributed by atoms with Crippen molar-refractivity contribution in [2.24, 2.45) is 5.41 Å². The number of ketones is 1. The van der Waals surface area contributed by atoms with Crippen LogP contribution in [0.15, 0.2) is 60.7 Å². The van der Waals surface area contributed by atoms with E-state index >= 15 is 0 Å². The summed E-state index contributed by atoms with van der Waals surface area (Å²) in [6.07, 6.45) is 3.20. The highest BCUT2D eigenvalue weighted by Gasteiger charge is 2.54. The number of nitrogens with zero attached hydrogens (tertiary/aromatic N) is 1. The van der Waals surface area contributed by atoms with E-state index < -0.39 is 64.6 Å². The first-order valence-electron chi connectivity index (χ1n) is 16.6. The van der Waals surface area contributed by atoms with Gasteiger partial charge in [-0.3, -0.25) is 29.5 Å². The third kappa shape index (κ3) is 8.83. The molecule has 1 saturated carbocycles. The highest BCUT2D eigenvalue weighted by molar-refractivity contribution is 6.38. The van der Waals surface area contributed by atoms with Gasteiger partial charge in [-0.15, -0.1) is 0 Å². The number of hydrogen-bond donors (Lipinski definition) is 4. The van der Waals surface area contributed by atoms with Crippen LogP contribution in [-0.2, 0) is 35.4 Å². The van der Waals surface area contributed by atoms with Gasteiger partial charge in [0.2, 0.25) is 17.6 Å². The van der Waals surface area contributed by atoms with E-state index in [1.807, 2.05) is 25.1 Å². The Morgan fingerprint density at radius 2 is 1.80 bits per heavy atom. The van der Waals surface area contributed by atoms with E-state index in [2.05, 4.69) is 21.4 Å². The summed E-state index contributed by atoms with van der Waals surface area (Å²) in [5.74, 6) is -3.17. The maximum Gasteiger partial charge on any atom is 0.408 e. The molecule has 0 bridgehead atoms. The topological polar surface area (TPSA) is 155 Å². The van der Waals surface area contributed by atoms with Gasteiger partial charge < -0.3 is 25.6 Å². The fraction of sp³-hybridized carbons (Fsp3) is 0.472. The Bertz CT molecular complexity index is 1610. The molecule has 49 heavy (non-hydrogen) atoms. The van der Waals surface area contributed by atoms with Crippen molar-refractivity contribution < 1.29 is 37.9 Å². The number of Topliss-reactive ketones (excluding diaryl/α,β-unsaturated/α-hetero) is 1. The average molecular weight is 678 g/mol. The molecule has 2 aromatic carbocycles. The van der Waals surface area contributed by atoms with Crippen molar-refractivity contribution in [1.82, 2.24) is 26.3 Å². The number of alkyl carbamates (subject to hydrolysis) is 1. The lowest BCUT2D eigenvalue weighted by Crippen LogP contribution is -2.59. The molecular formula is C36H44FN5O7. The van der Waals surface area contributed by atoms with Crippen LogP contribution >= 0.6 is 0 Å². The van der Waals surface area contributed by atoms with E-state index in [0.717, 1.165) is 18.4 Å². The van der Waals surface area contributed by atoms with Crippen LogP contribution in [0.5, 0.6) is 0 Å². The summed E-state index contributed by atoms with van der Waals surface area (Å²) >= 11 is 0. The summed E-state index contributed by atoms with van der Waals surface area (Å²) in [4.78, 5) is 74.6. The molecule has 3 aliphatic rings. The third-order valence-electron chi connectivity index (χ3n) is 8.78. The van der Waals surface area contributed by atoms with Crippen molar-refractivity contribution >= 4 is 35.3 Å². The van der Waals surface area contributed by atoms with Crippen molar-refractivity contribution in [2.75, 3.05) is 6.54 Å². The maximum absolute atomic E-state index is 14.4. The summed E-state index contributed by atoms with van der Waals surface area (Å²) in [5.41, 5.74) is 2.53. The largest absolute Gasteiger partial charge is 0.445 e. The quantitative estimate of drug-likeness (QED) is 0.249. The van der Waals surface area contributed by atoms with Crippen molar-refractivity contribution in [1.29, 1.82) is 0 Å². The van der Waals surface area contributed by atoms with Gasteiger partial charge in [-0.05, 0) is 48.4 Å². The minimum Gasteiger partial charge on any atom is -0.445 e. The van der Waals surface area contributed by atoms with Crippen LogP contribution in [0.2, 0.25) is 0 Å². The Labute approximate surface area is 285 Å². The lowest BCUT2D eigenvalue weighted by atomic mass is 9.85. The first-order valence-corrected chi connectivity index (χ1v) is 16.6. The average Bonchev–Trinajstić information content (AvgIpc) is 3.66. The number of hydrogen-bond acceptors (Lipinski definition) is 8. The zero-order chi connectivity index (χ0) is 35.3. The lowest BCUT2D eigenvalue weighted by Gasteiger charge is -2.35. The Morgan fingerprint density at radius 1 is 1.06 bits per heavy atom. The van der Waals surface area contributed by atoms with Crippen LogP contribution in [0, 0.1) is 11.2 Å². The smallest absolute Gasteiger partial charge is 0.408 e. The summed E-state index contributed by atoms with van der Waals surface area (Å²) in [5, 5.41) is 8.11. The Balaban J connectivity index is 1.40. The van der Waals surface area contributed by atoms with E-state index in [1.54, 1.807) is 51.1 Å². The molecule has 2 fully saturated rings. The van der Waals surface area contributed by atoms with Gasteiger partial charge in [-0.25, -0.2) is 9.18 Å². The van der Waals surface area contributed by atoms with E-state index in [0.29, 0.717) is 17.7 Å². The molecule has 262 valence electrons. The second kappa shape index (κ2) is 14.8. The molecule has 13 heteroatoms. The molecule has 0 aromatic heterocycles. The standard InChI is InChI=1S/C36H44FN5O7/c1-5-10-26(29(43)32(45)38-25-15-16-25)39-31(44)28-19-36(18-27(41-49-36)23-13-9-14-24(37)17-23)21-42(28)33(46)30(35(2,3)4)40-34(47)48-20-22-11-7-6-8-12-22/h6-9,11-14,17-18,25-26,28,30,41H,5,10,15-16,19-21H2,1-4H3,(H,38,45)(H,39,44)(H,40,47)/t26-,28-,30+,36+/m0/s1. The van der Waals surface area contributed by atoms with Gasteiger partial charge in [0.1, 0.15) is 30.1 Å². The summed E-state index contributed by atoms with van der Waals surface area (Å²) in [6.45, 7) is 7.05. The van der Waals surface area contributed by atoms with Crippen molar-refractivity contribution in [3.05, 3.63) is 77.6 Å². The maximum atomic E-state index is 14.4. The highest BCUT2D eigenvalue weighted by atomic mass is 19.1. The SMILES string of the molecule is CCC[C@H](NC(=O)[C@@H]1C[C@]2(C=C(c3cccc(F)c3)NO2)CN1C(=O)[C@@H](NC(=O)OCc1ccccc1)C(C)(C)C)C(=O)C(=O)NC1CC1. The Morgan fingerprint density at radius 3 is 2.45 bits per heavy atom. The lowest BCUT2D eigenvalue weighted by molar-refractivity contribution is -0.144. The number of amides is 4. The molecule has 4 N–H and O–H groups in total. The van der Waals surface area contributed by atoms with Crippen molar-refractivity contribution in [2.45, 2.75) is 96.2 Å². The zero-order valence-electron chi connectivity index (χ0n) is 28.2. The van der Waals surface area contributed by atoms with Gasteiger partial charge in [0.15, 0.2) is 0 Å². The Kier molecular flexibility index (Phi) is 10.7. The van der Waals surface area contributed by atoms with Crippen LogP contribution < -0.4 is 21.4 Å². The third-order valence-corrected chi connectivity index (χ3v) is 8.78. The predicted molar refractivity (Wildman–Crippen MR) is 177 cm³/mol. The van der Waals surface area contributed by atoms with Crippen molar-refractivity contribution in [3.8, 4) is 0 Å². The number of carbonyl (C=O) groups excluding carboxylic acids is 5. The first-order chi connectivity index (χ1) is 23.3. The second-order valence-corrected chi connectivity index (χ2v) is 14.0. The molecule has 0 unspecified atom stereocenters. The number of rotatable bonds is 12. The fourth-order valence-corrected chi connectivity index (χ4v) is 5.99. The van der Waals surface area contributed by atoms with E-state index in [9.17, 15) is 28.4 Å². The summed E-state index contributed by atoms with van der Waals surface area (Å²) in [6, 6.07) is 11.6. The van der Waals surface area contributed by atoms with Gasteiger partial charge in [-0.2, -0.15) is 0 Å². The number of hydroxylamine groups is 1. The molecule has 1 saturated heterocycles. The second-order valence-electron chi connectivity index (χ2n) is 14.0. The molecule has 0 radical (unpaired) electrons. The van der Waals surface area contributed by atoms with Crippen LogP contribution in [0.1, 0.15) is 70.9 Å². The van der Waals surface area contributed by atoms with Crippen LogP contribution in [0.3, 0.4) is 0 Å². The molecule has 1 aliphatic carbocycles. The molecule has 4 atom stereocenters. The number of halogens is 1. The summed E-state index contributed by atoms with van der Waals surface area (Å²) < 4.78 is 19.5. The van der Waals surface area contributed by atoms with Crippen LogP contribution in [0.4, 0.5) is 9.18 Å². The number of nitrogens with one attached hydrogen (secondary N) is 4. The normalized spacial score (nSPS) is 21.3. The van der Waals surface area contributed by atoms with Crippen molar-refractivity contribution in [3.63, 3.8) is 0 Å². The van der Waals surface area contributed by atoms with Gasteiger partial charge in [0.05, 0.1) is 18.3 Å². The molecule has 4 amide bonds. The monoisotopic (exact) mass is 677 g/mol. The Hall–Kier alpha value is -4.78. The number of carbonyl (C=O) groups is 5. The van der Waals surface area contributed by atoms with Gasteiger partial charge in [-0.1, -0.05) is 76.6 Å². The molecule has 2 aliphatic heterocycles. The first kappa shape index (κ1) is 35.5. The predicted octanol–water partition coefficient (Wildman–Crippen LogP) is 3.51. The van der Waals surface area contributed by atoms with E-state index in [4.69, 9.17) is 9.57 Å². The number of benzene rings is 2. The van der Waals surface area contributed by atoms with Gasteiger partial charge in [0, 0.05) is 18.0 Å². The summed E-state index contributed by atoms with van der Waals surface area (Å²) in [7, 11) is 0. The van der Waals surface area contributed by atoms with Crippen LogP contribution in [0.25, 0.3) is 5.70 Å². The zero-order valence-corrected chi connectivity index (χ0v) is 28.2. The molecule has 2 aromatic rings. The fourth-order valence-electron chi connectivity index (χ4n) is 5.99. The van der Waals surface area contributed by atoms with Gasteiger partial charge in [0.25, 0.3) is 5.91 Å². The minimum atomic E-state index is -1.21. The molecular weight excluding hydrogens is 633 g/mol. The number of likely N-dealkylation sites (tertiary alicyclic amines) is 1. The van der Waals surface area contributed by atoms with Crippen LogP contribution in [-0.4, -0.2) is 70.8 Å². The van der Waals surface area contributed by atoms with E-state index in [-0.39, 0.29) is 32.0 Å². The highest BCUT2D eigenvalue weighted by Crippen LogP contribution is 2.39. The molecule has 1 spiro atoms. The minimum absolute atomic E-state index is 0.0100. The number of ether oxygens (including phenoxy) is 1. The molecule has 2 heterocycles. The molecule has 5 rings (SSSR count). The molecule has 12 nitrogen and oxygen atoms in total.